The Kier molecular flexibility index (Phi) is 7.41. The van der Waals surface area contributed by atoms with Gasteiger partial charge in [0.2, 0.25) is 17.3 Å². The summed E-state index contributed by atoms with van der Waals surface area (Å²) in [6.45, 7) is 11.1. The monoisotopic (exact) mass is 542 g/mol. The molecule has 2 aliphatic rings. The van der Waals surface area contributed by atoms with Gasteiger partial charge in [0.15, 0.2) is 0 Å². The Morgan fingerprint density at radius 1 is 0.750 bits per heavy atom. The average Bonchev–Trinajstić information content (AvgIpc) is 2.90. The standard InChI is InChI=1S/C32H34N2O6/c1-30(2,3)33-25-22(28(36)38-7)24(29(37)39-8)32(40-27(25)34-31(4,5)6)23(20-17-13-10-14-18-20)21(26(32)35)19-15-11-9-12-16-19/h9-18H,1-8H3. The maximum atomic E-state index is 14.4. The van der Waals surface area contributed by atoms with Gasteiger partial charge in [-0.05, 0) is 52.7 Å². The van der Waals surface area contributed by atoms with Gasteiger partial charge in [-0.2, -0.15) is 0 Å². The SMILES string of the molecule is COC(=O)C1=C(C(=O)OC)C2(OC(=NC(C)(C)C)C1=NC(C)(C)C)C(=O)C(c1ccccc1)=C2c1ccccc1. The number of nitrogens with zero attached hydrogens (tertiary/aromatic N) is 2. The second-order valence-electron chi connectivity index (χ2n) is 11.5. The van der Waals surface area contributed by atoms with Gasteiger partial charge >= 0.3 is 11.9 Å². The number of rotatable bonds is 4. The van der Waals surface area contributed by atoms with Crippen LogP contribution in [0.1, 0.15) is 52.7 Å². The van der Waals surface area contributed by atoms with Crippen LogP contribution in [0, 0.1) is 0 Å². The summed E-state index contributed by atoms with van der Waals surface area (Å²) in [5.74, 6) is -2.31. The predicted octanol–water partition coefficient (Wildman–Crippen LogP) is 5.03. The highest BCUT2D eigenvalue weighted by atomic mass is 16.5. The first-order valence-electron chi connectivity index (χ1n) is 13.0. The fraction of sp³-hybridized carbons (Fsp3) is 0.344. The van der Waals surface area contributed by atoms with E-state index >= 15 is 0 Å². The molecule has 1 aliphatic carbocycles. The Hall–Kier alpha value is -4.33. The van der Waals surface area contributed by atoms with Crippen molar-refractivity contribution < 1.29 is 28.6 Å². The second kappa shape index (κ2) is 10.3. The molecule has 0 radical (unpaired) electrons. The number of ether oxygens (including phenoxy) is 3. The van der Waals surface area contributed by atoms with Gasteiger partial charge in [-0.1, -0.05) is 60.7 Å². The van der Waals surface area contributed by atoms with Crippen molar-refractivity contribution in [2.24, 2.45) is 9.98 Å². The van der Waals surface area contributed by atoms with Gasteiger partial charge < -0.3 is 14.2 Å². The third-order valence-electron chi connectivity index (χ3n) is 6.23. The Morgan fingerprint density at radius 2 is 1.25 bits per heavy atom. The van der Waals surface area contributed by atoms with E-state index in [1.54, 1.807) is 0 Å². The number of carbonyl (C=O) groups excluding carboxylic acids is 3. The predicted molar refractivity (Wildman–Crippen MR) is 154 cm³/mol. The quantitative estimate of drug-likeness (QED) is 0.502. The number of carbonyl (C=O) groups is 3. The van der Waals surface area contributed by atoms with Crippen LogP contribution in [0.3, 0.4) is 0 Å². The maximum Gasteiger partial charge on any atom is 0.340 e. The van der Waals surface area contributed by atoms with Crippen LogP contribution in [0.15, 0.2) is 81.8 Å². The van der Waals surface area contributed by atoms with Gasteiger partial charge in [0, 0.05) is 11.1 Å². The van der Waals surface area contributed by atoms with E-state index < -0.39 is 34.4 Å². The minimum absolute atomic E-state index is 0.0219. The largest absolute Gasteiger partial charge is 0.466 e. The molecule has 4 rings (SSSR count). The van der Waals surface area contributed by atoms with Crippen LogP contribution in [-0.4, -0.2) is 60.2 Å². The van der Waals surface area contributed by atoms with Crippen molar-refractivity contribution in [1.29, 1.82) is 0 Å². The Balaban J connectivity index is 2.23. The Labute approximate surface area is 234 Å². The van der Waals surface area contributed by atoms with Crippen LogP contribution in [0.5, 0.6) is 0 Å². The van der Waals surface area contributed by atoms with Gasteiger partial charge in [-0.25, -0.2) is 14.6 Å². The summed E-state index contributed by atoms with van der Waals surface area (Å²) in [4.78, 5) is 51.1. The maximum absolute atomic E-state index is 14.4. The van der Waals surface area contributed by atoms with Crippen LogP contribution in [0.4, 0.5) is 0 Å². The highest BCUT2D eigenvalue weighted by Gasteiger charge is 2.66. The minimum Gasteiger partial charge on any atom is -0.466 e. The van der Waals surface area contributed by atoms with E-state index in [0.29, 0.717) is 22.3 Å². The van der Waals surface area contributed by atoms with Crippen LogP contribution in [0.2, 0.25) is 0 Å². The van der Waals surface area contributed by atoms with Crippen molar-refractivity contribution >= 4 is 40.5 Å². The van der Waals surface area contributed by atoms with E-state index in [0.717, 1.165) is 0 Å². The molecule has 8 nitrogen and oxygen atoms in total. The fourth-order valence-electron chi connectivity index (χ4n) is 4.80. The van der Waals surface area contributed by atoms with Crippen molar-refractivity contribution in [3.8, 4) is 0 Å². The third kappa shape index (κ3) is 5.01. The highest BCUT2D eigenvalue weighted by molar-refractivity contribution is 6.57. The molecular weight excluding hydrogens is 508 g/mol. The summed E-state index contributed by atoms with van der Waals surface area (Å²) < 4.78 is 16.9. The normalized spacial score (nSPS) is 21.4. The average molecular weight is 543 g/mol. The first kappa shape index (κ1) is 28.7. The lowest BCUT2D eigenvalue weighted by atomic mass is 9.61. The molecule has 0 amide bonds. The molecule has 0 aromatic heterocycles. The Morgan fingerprint density at radius 3 is 1.73 bits per heavy atom. The molecule has 1 spiro atoms. The number of aliphatic imine (C=N–C) groups is 2. The number of esters is 2. The number of hydrogen-bond acceptors (Lipinski definition) is 8. The summed E-state index contributed by atoms with van der Waals surface area (Å²) in [6.07, 6.45) is 0. The third-order valence-corrected chi connectivity index (χ3v) is 6.23. The number of ketones is 1. The number of benzene rings is 2. The summed E-state index contributed by atoms with van der Waals surface area (Å²) in [5, 5.41) is 0. The van der Waals surface area contributed by atoms with Crippen LogP contribution in [-0.2, 0) is 28.6 Å². The van der Waals surface area contributed by atoms with Gasteiger partial charge in [-0.15, -0.1) is 0 Å². The van der Waals surface area contributed by atoms with Gasteiger partial charge in [0.1, 0.15) is 16.9 Å². The van der Waals surface area contributed by atoms with E-state index in [-0.39, 0.29) is 22.8 Å². The van der Waals surface area contributed by atoms with Crippen LogP contribution >= 0.6 is 0 Å². The van der Waals surface area contributed by atoms with Crippen molar-refractivity contribution in [1.82, 2.24) is 0 Å². The lowest BCUT2D eigenvalue weighted by Crippen LogP contribution is -2.60. The molecule has 40 heavy (non-hydrogen) atoms. The molecule has 2 aromatic carbocycles. The first-order valence-corrected chi connectivity index (χ1v) is 13.0. The molecule has 1 heterocycles. The van der Waals surface area contributed by atoms with Crippen LogP contribution in [0.25, 0.3) is 11.1 Å². The van der Waals surface area contributed by atoms with Gasteiger partial charge in [0.25, 0.3) is 0 Å². The molecule has 1 unspecified atom stereocenters. The molecule has 1 aliphatic heterocycles. The number of Topliss-reactive ketones (excluding diaryl/α,β-unsaturated/α-hetero) is 1. The zero-order valence-corrected chi connectivity index (χ0v) is 24.1. The molecule has 8 heteroatoms. The molecule has 0 saturated heterocycles. The molecule has 1 atom stereocenters. The van der Waals surface area contributed by atoms with E-state index in [1.165, 1.54) is 14.2 Å². The molecule has 2 aromatic rings. The first-order chi connectivity index (χ1) is 18.7. The van der Waals surface area contributed by atoms with Crippen molar-refractivity contribution in [3.05, 3.63) is 82.9 Å². The van der Waals surface area contributed by atoms with Crippen molar-refractivity contribution in [2.45, 2.75) is 58.2 Å². The molecule has 0 fully saturated rings. The number of methoxy groups -OCH3 is 2. The topological polar surface area (TPSA) is 104 Å². The van der Waals surface area contributed by atoms with Crippen molar-refractivity contribution in [2.75, 3.05) is 14.2 Å². The zero-order chi connectivity index (χ0) is 29.5. The van der Waals surface area contributed by atoms with Gasteiger partial charge in [0.05, 0.1) is 25.3 Å². The minimum atomic E-state index is -2.02. The fourth-order valence-corrected chi connectivity index (χ4v) is 4.80. The smallest absolute Gasteiger partial charge is 0.340 e. The summed E-state index contributed by atoms with van der Waals surface area (Å²) >= 11 is 0. The molecule has 0 saturated carbocycles. The molecule has 0 bridgehead atoms. The molecule has 0 N–H and O–H groups in total. The van der Waals surface area contributed by atoms with E-state index in [9.17, 15) is 14.4 Å². The second-order valence-corrected chi connectivity index (χ2v) is 11.5. The lowest BCUT2D eigenvalue weighted by Gasteiger charge is -2.47. The molecule has 208 valence electrons. The molecular formula is C32H34N2O6. The zero-order valence-electron chi connectivity index (χ0n) is 24.1. The van der Waals surface area contributed by atoms with E-state index in [1.807, 2.05) is 102 Å². The van der Waals surface area contributed by atoms with E-state index in [2.05, 4.69) is 0 Å². The Bertz CT molecular complexity index is 1490. The summed E-state index contributed by atoms with van der Waals surface area (Å²) in [7, 11) is 2.39. The van der Waals surface area contributed by atoms with E-state index in [4.69, 9.17) is 24.2 Å². The van der Waals surface area contributed by atoms with Crippen LogP contribution < -0.4 is 0 Å². The van der Waals surface area contributed by atoms with Gasteiger partial charge in [-0.3, -0.25) is 9.79 Å². The summed E-state index contributed by atoms with van der Waals surface area (Å²) in [5.41, 5.74) is -1.84. The van der Waals surface area contributed by atoms with Crippen molar-refractivity contribution in [3.63, 3.8) is 0 Å². The number of hydrogen-bond donors (Lipinski definition) is 0. The lowest BCUT2D eigenvalue weighted by molar-refractivity contribution is -0.142. The highest BCUT2D eigenvalue weighted by Crippen LogP contribution is 2.55. The summed E-state index contributed by atoms with van der Waals surface area (Å²) in [6, 6.07) is 18.2.